The second kappa shape index (κ2) is 4.64. The van der Waals surface area contributed by atoms with Gasteiger partial charge in [-0.3, -0.25) is 4.79 Å². The molecule has 0 radical (unpaired) electrons. The lowest BCUT2D eigenvalue weighted by molar-refractivity contribution is -0.119. The average molecular weight is 194 g/mol. The smallest absolute Gasteiger partial charge is 0.145 e. The molecule has 1 heteroatoms. The van der Waals surface area contributed by atoms with Crippen molar-refractivity contribution in [2.24, 2.45) is 10.8 Å². The fourth-order valence-electron chi connectivity index (χ4n) is 1.06. The molecule has 0 amide bonds. The molecule has 0 atom stereocenters. The summed E-state index contributed by atoms with van der Waals surface area (Å²) in [6, 6.07) is 0. The normalized spacial score (nSPS) is 11.9. The Hall–Kier alpha value is -0.770. The van der Waals surface area contributed by atoms with Crippen LogP contribution in [0.2, 0.25) is 0 Å². The van der Waals surface area contributed by atoms with Crippen LogP contribution in [-0.4, -0.2) is 5.78 Å². The van der Waals surface area contributed by atoms with Crippen LogP contribution in [-0.2, 0) is 4.79 Å². The minimum atomic E-state index is 0.00200. The van der Waals surface area contributed by atoms with E-state index in [0.717, 1.165) is 0 Å². The molecule has 0 rings (SSSR count). The molecule has 0 saturated heterocycles. The molecule has 0 spiro atoms. The predicted molar refractivity (Wildman–Crippen MR) is 60.9 cm³/mol. The molecule has 14 heavy (non-hydrogen) atoms. The van der Waals surface area contributed by atoms with Gasteiger partial charge in [-0.15, -0.1) is 0 Å². The highest BCUT2D eigenvalue weighted by molar-refractivity contribution is 5.81. The van der Waals surface area contributed by atoms with Crippen molar-refractivity contribution in [1.82, 2.24) is 0 Å². The largest absolute Gasteiger partial charge is 0.299 e. The fraction of sp³-hybridized carbons (Fsp3) is 0.769. The van der Waals surface area contributed by atoms with Gasteiger partial charge in [0.05, 0.1) is 6.42 Å². The molecule has 0 aliphatic carbocycles. The monoisotopic (exact) mass is 194 g/mol. The van der Waals surface area contributed by atoms with Crippen LogP contribution in [0, 0.1) is 22.7 Å². The van der Waals surface area contributed by atoms with Gasteiger partial charge >= 0.3 is 0 Å². The third kappa shape index (κ3) is 9.32. The molecule has 0 heterocycles. The molecule has 0 aromatic rings. The van der Waals surface area contributed by atoms with E-state index < -0.39 is 0 Å². The molecule has 0 aromatic heterocycles. The van der Waals surface area contributed by atoms with Gasteiger partial charge in [0, 0.05) is 11.8 Å². The van der Waals surface area contributed by atoms with Gasteiger partial charge in [-0.1, -0.05) is 32.6 Å². The zero-order valence-electron chi connectivity index (χ0n) is 10.3. The molecule has 0 fully saturated rings. The van der Waals surface area contributed by atoms with Crippen molar-refractivity contribution < 1.29 is 4.79 Å². The van der Waals surface area contributed by atoms with Crippen LogP contribution in [0.15, 0.2) is 0 Å². The summed E-state index contributed by atoms with van der Waals surface area (Å²) < 4.78 is 0. The summed E-state index contributed by atoms with van der Waals surface area (Å²) in [7, 11) is 0. The van der Waals surface area contributed by atoms with Crippen molar-refractivity contribution in [2.75, 3.05) is 0 Å². The summed E-state index contributed by atoms with van der Waals surface area (Å²) in [5, 5.41) is 0. The number of Topliss-reactive ketones (excluding diaryl/α,β-unsaturated/α-hetero) is 1. The molecule has 1 nitrogen and oxygen atoms in total. The van der Waals surface area contributed by atoms with Gasteiger partial charge in [0.15, 0.2) is 0 Å². The summed E-state index contributed by atoms with van der Waals surface area (Å²) in [4.78, 5) is 11.4. The van der Waals surface area contributed by atoms with E-state index >= 15 is 0 Å². The molecule has 0 aliphatic rings. The Labute approximate surface area is 88.3 Å². The lowest BCUT2D eigenvalue weighted by atomic mass is 9.89. The Morgan fingerprint density at radius 3 is 1.93 bits per heavy atom. The molecule has 0 saturated carbocycles. The number of carbonyl (C=O) groups is 1. The summed E-state index contributed by atoms with van der Waals surface area (Å²) in [6.07, 6.45) is 1.01. The van der Waals surface area contributed by atoms with E-state index in [2.05, 4.69) is 32.6 Å². The molecule has 0 aromatic carbocycles. The Bertz CT molecular complexity index is 250. The van der Waals surface area contributed by atoms with Gasteiger partial charge in [-0.05, 0) is 26.2 Å². The van der Waals surface area contributed by atoms with E-state index in [1.54, 1.807) is 0 Å². The van der Waals surface area contributed by atoms with Crippen molar-refractivity contribution in [2.45, 2.75) is 54.4 Å². The highest BCUT2D eigenvalue weighted by atomic mass is 16.1. The van der Waals surface area contributed by atoms with Gasteiger partial charge in [-0.2, -0.15) is 0 Å². The first-order chi connectivity index (χ1) is 6.10. The van der Waals surface area contributed by atoms with Crippen molar-refractivity contribution >= 4 is 5.78 Å². The number of rotatable bonds is 2. The van der Waals surface area contributed by atoms with Crippen LogP contribution in [0.3, 0.4) is 0 Å². The quantitative estimate of drug-likeness (QED) is 0.615. The molecular weight excluding hydrogens is 172 g/mol. The van der Waals surface area contributed by atoms with Gasteiger partial charge in [0.1, 0.15) is 5.78 Å². The summed E-state index contributed by atoms with van der Waals surface area (Å²) >= 11 is 0. The first kappa shape index (κ1) is 13.2. The third-order valence-corrected chi connectivity index (χ3v) is 1.48. The maximum atomic E-state index is 11.4. The van der Waals surface area contributed by atoms with Gasteiger partial charge in [0.2, 0.25) is 0 Å². The summed E-state index contributed by atoms with van der Waals surface area (Å²) in [5.41, 5.74) is 0.0858. The highest BCUT2D eigenvalue weighted by Crippen LogP contribution is 2.19. The minimum absolute atomic E-state index is 0.00200. The van der Waals surface area contributed by atoms with Crippen molar-refractivity contribution in [3.63, 3.8) is 0 Å². The number of hydrogen-bond donors (Lipinski definition) is 0. The SMILES string of the molecule is CC(C)(C)C#CCC(=O)CC(C)(C)C. The topological polar surface area (TPSA) is 17.1 Å². The van der Waals surface area contributed by atoms with Crippen LogP contribution in [0.25, 0.3) is 0 Å². The number of hydrogen-bond acceptors (Lipinski definition) is 1. The van der Waals surface area contributed by atoms with Crippen molar-refractivity contribution in [3.8, 4) is 11.8 Å². The standard InChI is InChI=1S/C13H22O/c1-12(2,3)9-7-8-11(14)10-13(4,5)6/h8,10H2,1-6H3. The van der Waals surface area contributed by atoms with Crippen LogP contribution in [0.4, 0.5) is 0 Å². The van der Waals surface area contributed by atoms with E-state index in [4.69, 9.17) is 0 Å². The summed E-state index contributed by atoms with van der Waals surface area (Å²) in [5.74, 6) is 6.26. The molecule has 0 unspecified atom stereocenters. The van der Waals surface area contributed by atoms with E-state index in [9.17, 15) is 4.79 Å². The Morgan fingerprint density at radius 2 is 1.57 bits per heavy atom. The maximum Gasteiger partial charge on any atom is 0.145 e. The molecule has 0 aliphatic heterocycles. The lowest BCUT2D eigenvalue weighted by Crippen LogP contribution is -2.12. The van der Waals surface area contributed by atoms with Gasteiger partial charge < -0.3 is 0 Å². The second-order valence-corrected chi connectivity index (χ2v) is 6.00. The molecule has 0 bridgehead atoms. The Morgan fingerprint density at radius 1 is 1.07 bits per heavy atom. The number of ketones is 1. The van der Waals surface area contributed by atoms with Crippen LogP contribution >= 0.6 is 0 Å². The van der Waals surface area contributed by atoms with Crippen molar-refractivity contribution in [3.05, 3.63) is 0 Å². The second-order valence-electron chi connectivity index (χ2n) is 6.00. The summed E-state index contributed by atoms with van der Waals surface area (Å²) in [6.45, 7) is 12.4. The average Bonchev–Trinajstić information content (AvgIpc) is 1.78. The van der Waals surface area contributed by atoms with Crippen LogP contribution < -0.4 is 0 Å². The predicted octanol–water partition coefficient (Wildman–Crippen LogP) is 3.43. The van der Waals surface area contributed by atoms with Crippen LogP contribution in [0.5, 0.6) is 0 Å². The molecule has 0 N–H and O–H groups in total. The maximum absolute atomic E-state index is 11.4. The number of carbonyl (C=O) groups excluding carboxylic acids is 1. The Balaban J connectivity index is 4.03. The van der Waals surface area contributed by atoms with E-state index in [1.807, 2.05) is 20.8 Å². The first-order valence-electron chi connectivity index (χ1n) is 5.12. The van der Waals surface area contributed by atoms with E-state index in [0.29, 0.717) is 12.8 Å². The zero-order valence-corrected chi connectivity index (χ0v) is 10.3. The minimum Gasteiger partial charge on any atom is -0.299 e. The van der Waals surface area contributed by atoms with Crippen LogP contribution in [0.1, 0.15) is 54.4 Å². The lowest BCUT2D eigenvalue weighted by Gasteiger charge is -2.15. The zero-order chi connectivity index (χ0) is 11.4. The first-order valence-corrected chi connectivity index (χ1v) is 5.12. The van der Waals surface area contributed by atoms with Crippen molar-refractivity contribution in [1.29, 1.82) is 0 Å². The Kier molecular flexibility index (Phi) is 4.39. The van der Waals surface area contributed by atoms with Gasteiger partial charge in [0.25, 0.3) is 0 Å². The van der Waals surface area contributed by atoms with E-state index in [-0.39, 0.29) is 16.6 Å². The fourth-order valence-corrected chi connectivity index (χ4v) is 1.06. The third-order valence-electron chi connectivity index (χ3n) is 1.48. The highest BCUT2D eigenvalue weighted by Gasteiger charge is 2.14. The van der Waals surface area contributed by atoms with Gasteiger partial charge in [-0.25, -0.2) is 0 Å². The van der Waals surface area contributed by atoms with E-state index in [1.165, 1.54) is 0 Å². The molecule has 80 valence electrons. The molecular formula is C13H22O.